The molecule has 1 nitrogen and oxygen atoms in total. The number of hydrogen-bond donors (Lipinski definition) is 1. The summed E-state index contributed by atoms with van der Waals surface area (Å²) in [5.74, 6) is 1.96. The summed E-state index contributed by atoms with van der Waals surface area (Å²) in [5, 5.41) is 3.88. The van der Waals surface area contributed by atoms with Crippen LogP contribution in [0.4, 0.5) is 0 Å². The Kier molecular flexibility index (Phi) is 2.96. The normalized spacial score (nSPS) is 21.8. The van der Waals surface area contributed by atoms with Gasteiger partial charge in [0.25, 0.3) is 0 Å². The Bertz CT molecular complexity index is 361. The van der Waals surface area contributed by atoms with Crippen LogP contribution in [0.3, 0.4) is 0 Å². The van der Waals surface area contributed by atoms with Gasteiger partial charge in [-0.1, -0.05) is 29.8 Å². The maximum atomic E-state index is 3.88. The maximum absolute atomic E-state index is 3.88. The highest BCUT2D eigenvalue weighted by atomic mass is 15.0. The lowest BCUT2D eigenvalue weighted by atomic mass is 10.0. The minimum atomic E-state index is 0.502. The zero-order valence-electron chi connectivity index (χ0n) is 10.9. The van der Waals surface area contributed by atoms with Gasteiger partial charge >= 0.3 is 0 Å². The molecule has 2 fully saturated rings. The standard InChI is InChI=1S/C16H23N/c1-11-3-5-13(6-4-11)12(2)17-16(14-7-8-14)15-9-10-15/h3-6,12,14-17H,7-10H2,1-2H3/t12-/m1/s1. The Morgan fingerprint density at radius 2 is 1.53 bits per heavy atom. The average Bonchev–Trinajstić information content (AvgIpc) is 3.17. The largest absolute Gasteiger partial charge is 0.307 e. The van der Waals surface area contributed by atoms with Crippen LogP contribution in [0.15, 0.2) is 24.3 Å². The number of rotatable bonds is 5. The fraction of sp³-hybridized carbons (Fsp3) is 0.625. The van der Waals surface area contributed by atoms with E-state index in [9.17, 15) is 0 Å². The first-order valence-electron chi connectivity index (χ1n) is 7.06. The fourth-order valence-electron chi connectivity index (χ4n) is 2.81. The van der Waals surface area contributed by atoms with Crippen molar-refractivity contribution in [3.8, 4) is 0 Å². The first kappa shape index (κ1) is 11.3. The van der Waals surface area contributed by atoms with Crippen molar-refractivity contribution in [3.05, 3.63) is 35.4 Å². The number of hydrogen-bond acceptors (Lipinski definition) is 1. The van der Waals surface area contributed by atoms with E-state index in [2.05, 4.69) is 43.4 Å². The van der Waals surface area contributed by atoms with E-state index in [1.54, 1.807) is 0 Å². The second-order valence-corrected chi connectivity index (χ2v) is 6.00. The van der Waals surface area contributed by atoms with E-state index in [0.29, 0.717) is 6.04 Å². The van der Waals surface area contributed by atoms with Crippen LogP contribution in [-0.4, -0.2) is 6.04 Å². The molecular formula is C16H23N. The van der Waals surface area contributed by atoms with Gasteiger partial charge in [-0.25, -0.2) is 0 Å². The second-order valence-electron chi connectivity index (χ2n) is 6.00. The highest BCUT2D eigenvalue weighted by molar-refractivity contribution is 5.24. The molecule has 0 spiro atoms. The van der Waals surface area contributed by atoms with Gasteiger partial charge in [0, 0.05) is 12.1 Å². The molecule has 2 aliphatic rings. The van der Waals surface area contributed by atoms with E-state index < -0.39 is 0 Å². The van der Waals surface area contributed by atoms with Gasteiger partial charge in [-0.05, 0) is 56.9 Å². The third kappa shape index (κ3) is 2.71. The molecule has 1 heteroatoms. The Labute approximate surface area is 105 Å². The molecular weight excluding hydrogens is 206 g/mol. The van der Waals surface area contributed by atoms with Crippen LogP contribution in [0, 0.1) is 18.8 Å². The molecule has 0 amide bonds. The fourth-order valence-corrected chi connectivity index (χ4v) is 2.81. The third-order valence-corrected chi connectivity index (χ3v) is 4.28. The van der Waals surface area contributed by atoms with E-state index in [1.807, 2.05) is 0 Å². The molecule has 0 saturated heterocycles. The Balaban J connectivity index is 1.64. The summed E-state index contributed by atoms with van der Waals surface area (Å²) >= 11 is 0. The van der Waals surface area contributed by atoms with E-state index >= 15 is 0 Å². The Morgan fingerprint density at radius 3 is 2.00 bits per heavy atom. The first-order chi connectivity index (χ1) is 8.24. The van der Waals surface area contributed by atoms with E-state index in [1.165, 1.54) is 36.8 Å². The number of aryl methyl sites for hydroxylation is 1. The van der Waals surface area contributed by atoms with Crippen molar-refractivity contribution in [2.45, 2.75) is 51.6 Å². The predicted octanol–water partition coefficient (Wildman–Crippen LogP) is 3.83. The smallest absolute Gasteiger partial charge is 0.0294 e. The van der Waals surface area contributed by atoms with E-state index in [4.69, 9.17) is 0 Å². The lowest BCUT2D eigenvalue weighted by Gasteiger charge is -2.23. The van der Waals surface area contributed by atoms with Crippen LogP contribution >= 0.6 is 0 Å². The van der Waals surface area contributed by atoms with Gasteiger partial charge in [-0.15, -0.1) is 0 Å². The zero-order chi connectivity index (χ0) is 11.8. The minimum Gasteiger partial charge on any atom is -0.307 e. The van der Waals surface area contributed by atoms with Crippen LogP contribution in [0.2, 0.25) is 0 Å². The van der Waals surface area contributed by atoms with E-state index in [0.717, 1.165) is 17.9 Å². The van der Waals surface area contributed by atoms with Crippen LogP contribution in [0.1, 0.15) is 49.8 Å². The van der Waals surface area contributed by atoms with Crippen molar-refractivity contribution in [2.75, 3.05) is 0 Å². The van der Waals surface area contributed by atoms with Gasteiger partial charge in [0.2, 0.25) is 0 Å². The lowest BCUT2D eigenvalue weighted by Crippen LogP contribution is -2.35. The van der Waals surface area contributed by atoms with Crippen molar-refractivity contribution in [2.24, 2.45) is 11.8 Å². The number of benzene rings is 1. The van der Waals surface area contributed by atoms with Gasteiger partial charge in [-0.2, -0.15) is 0 Å². The maximum Gasteiger partial charge on any atom is 0.0294 e. The summed E-state index contributed by atoms with van der Waals surface area (Å²) in [7, 11) is 0. The average molecular weight is 229 g/mol. The van der Waals surface area contributed by atoms with Crippen LogP contribution in [-0.2, 0) is 0 Å². The molecule has 1 atom stereocenters. The molecule has 0 heterocycles. The summed E-state index contributed by atoms with van der Waals surface area (Å²) in [6.45, 7) is 4.46. The summed E-state index contributed by atoms with van der Waals surface area (Å²) in [6.07, 6.45) is 5.81. The molecule has 1 N–H and O–H groups in total. The zero-order valence-corrected chi connectivity index (χ0v) is 10.9. The van der Waals surface area contributed by atoms with Crippen molar-refractivity contribution < 1.29 is 0 Å². The SMILES string of the molecule is Cc1ccc([C@@H](C)NC(C2CC2)C2CC2)cc1. The molecule has 0 aliphatic heterocycles. The number of nitrogens with one attached hydrogen (secondary N) is 1. The van der Waals surface area contributed by atoms with Crippen molar-refractivity contribution in [1.82, 2.24) is 5.32 Å². The van der Waals surface area contributed by atoms with Crippen LogP contribution in [0.5, 0.6) is 0 Å². The molecule has 92 valence electrons. The van der Waals surface area contributed by atoms with Crippen molar-refractivity contribution >= 4 is 0 Å². The van der Waals surface area contributed by atoms with Crippen molar-refractivity contribution in [3.63, 3.8) is 0 Å². The molecule has 2 saturated carbocycles. The highest BCUT2D eigenvalue weighted by Crippen LogP contribution is 2.45. The Hall–Kier alpha value is -0.820. The molecule has 0 radical (unpaired) electrons. The minimum absolute atomic E-state index is 0.502. The summed E-state index contributed by atoms with van der Waals surface area (Å²) in [5.41, 5.74) is 2.78. The van der Waals surface area contributed by atoms with Crippen LogP contribution in [0.25, 0.3) is 0 Å². The molecule has 2 aliphatic carbocycles. The highest BCUT2D eigenvalue weighted by Gasteiger charge is 2.41. The van der Waals surface area contributed by atoms with Gasteiger partial charge in [0.05, 0.1) is 0 Å². The van der Waals surface area contributed by atoms with E-state index in [-0.39, 0.29) is 0 Å². The summed E-state index contributed by atoms with van der Waals surface area (Å²) < 4.78 is 0. The third-order valence-electron chi connectivity index (χ3n) is 4.28. The quantitative estimate of drug-likeness (QED) is 0.809. The molecule has 0 bridgehead atoms. The Morgan fingerprint density at radius 1 is 1.00 bits per heavy atom. The molecule has 3 rings (SSSR count). The van der Waals surface area contributed by atoms with Gasteiger partial charge in [0.1, 0.15) is 0 Å². The van der Waals surface area contributed by atoms with Gasteiger partial charge < -0.3 is 5.32 Å². The topological polar surface area (TPSA) is 12.0 Å². The monoisotopic (exact) mass is 229 g/mol. The molecule has 17 heavy (non-hydrogen) atoms. The molecule has 0 aromatic heterocycles. The molecule has 1 aromatic carbocycles. The summed E-state index contributed by atoms with van der Waals surface area (Å²) in [6, 6.07) is 10.3. The lowest BCUT2D eigenvalue weighted by molar-refractivity contribution is 0.377. The molecule has 0 unspecified atom stereocenters. The summed E-state index contributed by atoms with van der Waals surface area (Å²) in [4.78, 5) is 0. The predicted molar refractivity (Wildman–Crippen MR) is 72.0 cm³/mol. The van der Waals surface area contributed by atoms with Gasteiger partial charge in [0.15, 0.2) is 0 Å². The second kappa shape index (κ2) is 4.45. The first-order valence-corrected chi connectivity index (χ1v) is 7.06. The van der Waals surface area contributed by atoms with Crippen molar-refractivity contribution in [1.29, 1.82) is 0 Å². The van der Waals surface area contributed by atoms with Crippen LogP contribution < -0.4 is 5.32 Å². The molecule has 1 aromatic rings. The van der Waals surface area contributed by atoms with Gasteiger partial charge in [-0.3, -0.25) is 0 Å².